The Bertz CT molecular complexity index is 1090. The highest BCUT2D eigenvalue weighted by molar-refractivity contribution is 5.77. The van der Waals surface area contributed by atoms with Gasteiger partial charge in [0.1, 0.15) is 5.82 Å². The van der Waals surface area contributed by atoms with Gasteiger partial charge in [-0.15, -0.1) is 0 Å². The SMILES string of the molecule is C[C@H](c1nc2ccccc2c(=O)[nH]1)N1CCC[C@@H]1c1ccc2c(c1)OCCCO2. The minimum atomic E-state index is -0.0798. The summed E-state index contributed by atoms with van der Waals surface area (Å²) in [5.74, 6) is 2.37. The number of ether oxygens (including phenoxy) is 2. The smallest absolute Gasteiger partial charge is 0.258 e. The van der Waals surface area contributed by atoms with E-state index in [0.29, 0.717) is 18.6 Å². The Morgan fingerprint density at radius 2 is 1.93 bits per heavy atom. The second-order valence-electron chi connectivity index (χ2n) is 7.80. The molecule has 29 heavy (non-hydrogen) atoms. The molecule has 0 bridgehead atoms. The fraction of sp³-hybridized carbons (Fsp3) is 0.391. The Kier molecular flexibility index (Phi) is 4.72. The van der Waals surface area contributed by atoms with Gasteiger partial charge in [-0.2, -0.15) is 0 Å². The molecule has 1 aromatic heterocycles. The van der Waals surface area contributed by atoms with Crippen LogP contribution in [0, 0.1) is 0 Å². The Morgan fingerprint density at radius 3 is 2.83 bits per heavy atom. The maximum absolute atomic E-state index is 12.5. The van der Waals surface area contributed by atoms with Crippen LogP contribution in [-0.4, -0.2) is 34.6 Å². The van der Waals surface area contributed by atoms with Crippen molar-refractivity contribution in [1.29, 1.82) is 0 Å². The van der Waals surface area contributed by atoms with Gasteiger partial charge in [0.2, 0.25) is 0 Å². The zero-order valence-electron chi connectivity index (χ0n) is 16.6. The molecule has 5 rings (SSSR count). The van der Waals surface area contributed by atoms with E-state index in [4.69, 9.17) is 14.5 Å². The van der Waals surface area contributed by atoms with Crippen LogP contribution in [0.4, 0.5) is 0 Å². The first-order valence-electron chi connectivity index (χ1n) is 10.3. The van der Waals surface area contributed by atoms with Crippen molar-refractivity contribution < 1.29 is 9.47 Å². The van der Waals surface area contributed by atoms with E-state index in [0.717, 1.165) is 48.6 Å². The molecule has 2 aliphatic heterocycles. The summed E-state index contributed by atoms with van der Waals surface area (Å²) in [7, 11) is 0. The molecule has 1 saturated heterocycles. The first-order chi connectivity index (χ1) is 14.2. The molecule has 0 spiro atoms. The van der Waals surface area contributed by atoms with Crippen LogP contribution in [0.15, 0.2) is 47.3 Å². The highest BCUT2D eigenvalue weighted by Gasteiger charge is 2.32. The van der Waals surface area contributed by atoms with Gasteiger partial charge in [0, 0.05) is 12.5 Å². The van der Waals surface area contributed by atoms with Crippen LogP contribution in [0.3, 0.4) is 0 Å². The van der Waals surface area contributed by atoms with E-state index < -0.39 is 0 Å². The normalized spacial score (nSPS) is 20.5. The first-order valence-corrected chi connectivity index (χ1v) is 10.3. The predicted octanol–water partition coefficient (Wildman–Crippen LogP) is 3.98. The van der Waals surface area contributed by atoms with Crippen LogP contribution in [0.1, 0.15) is 49.7 Å². The van der Waals surface area contributed by atoms with Gasteiger partial charge in [0.25, 0.3) is 5.56 Å². The van der Waals surface area contributed by atoms with E-state index >= 15 is 0 Å². The molecule has 2 aliphatic rings. The van der Waals surface area contributed by atoms with Gasteiger partial charge in [-0.05, 0) is 56.1 Å². The molecule has 3 aromatic rings. The molecule has 6 nitrogen and oxygen atoms in total. The monoisotopic (exact) mass is 391 g/mol. The van der Waals surface area contributed by atoms with Crippen molar-refractivity contribution in [1.82, 2.24) is 14.9 Å². The van der Waals surface area contributed by atoms with Gasteiger partial charge in [-0.25, -0.2) is 4.98 Å². The fourth-order valence-corrected chi connectivity index (χ4v) is 4.46. The average Bonchev–Trinajstić information content (AvgIpc) is 3.11. The molecule has 1 N–H and O–H groups in total. The van der Waals surface area contributed by atoms with Gasteiger partial charge in [-0.3, -0.25) is 9.69 Å². The average molecular weight is 391 g/mol. The van der Waals surface area contributed by atoms with Crippen LogP contribution in [0.5, 0.6) is 11.5 Å². The fourth-order valence-electron chi connectivity index (χ4n) is 4.46. The van der Waals surface area contributed by atoms with Crippen LogP contribution >= 0.6 is 0 Å². The van der Waals surface area contributed by atoms with Crippen molar-refractivity contribution in [2.75, 3.05) is 19.8 Å². The molecular weight excluding hydrogens is 366 g/mol. The Hall–Kier alpha value is -2.86. The van der Waals surface area contributed by atoms with Gasteiger partial charge in [-0.1, -0.05) is 18.2 Å². The summed E-state index contributed by atoms with van der Waals surface area (Å²) in [6.07, 6.45) is 3.08. The Morgan fingerprint density at radius 1 is 1.10 bits per heavy atom. The van der Waals surface area contributed by atoms with E-state index in [-0.39, 0.29) is 17.6 Å². The molecule has 0 saturated carbocycles. The third kappa shape index (κ3) is 3.38. The number of aromatic amines is 1. The number of nitrogens with zero attached hydrogens (tertiary/aromatic N) is 2. The molecule has 0 unspecified atom stereocenters. The van der Waals surface area contributed by atoms with E-state index in [9.17, 15) is 4.79 Å². The summed E-state index contributed by atoms with van der Waals surface area (Å²) in [5.41, 5.74) is 1.88. The molecule has 150 valence electrons. The molecule has 3 heterocycles. The van der Waals surface area contributed by atoms with Crippen molar-refractivity contribution >= 4 is 10.9 Å². The highest BCUT2D eigenvalue weighted by Crippen LogP contribution is 2.41. The number of benzene rings is 2. The summed E-state index contributed by atoms with van der Waals surface area (Å²) >= 11 is 0. The molecular formula is C23H25N3O3. The van der Waals surface area contributed by atoms with Crippen molar-refractivity contribution in [2.45, 2.75) is 38.3 Å². The van der Waals surface area contributed by atoms with Crippen molar-refractivity contribution in [2.24, 2.45) is 0 Å². The second kappa shape index (κ2) is 7.52. The summed E-state index contributed by atoms with van der Waals surface area (Å²) in [6, 6.07) is 14.0. The lowest BCUT2D eigenvalue weighted by Crippen LogP contribution is -2.29. The number of fused-ring (bicyclic) bond motifs is 2. The molecule has 6 heteroatoms. The van der Waals surface area contributed by atoms with Gasteiger partial charge < -0.3 is 14.5 Å². The summed E-state index contributed by atoms with van der Waals surface area (Å²) in [6.45, 7) is 4.47. The third-order valence-corrected chi connectivity index (χ3v) is 5.97. The minimum Gasteiger partial charge on any atom is -0.490 e. The lowest BCUT2D eigenvalue weighted by atomic mass is 10.0. The maximum Gasteiger partial charge on any atom is 0.258 e. The van der Waals surface area contributed by atoms with Crippen LogP contribution in [-0.2, 0) is 0 Å². The number of hydrogen-bond donors (Lipinski definition) is 1. The Labute approximate surface area is 169 Å². The highest BCUT2D eigenvalue weighted by atomic mass is 16.5. The summed E-state index contributed by atoms with van der Waals surface area (Å²) in [5, 5.41) is 0.629. The van der Waals surface area contributed by atoms with Crippen LogP contribution < -0.4 is 15.0 Å². The topological polar surface area (TPSA) is 67.5 Å². The number of hydrogen-bond acceptors (Lipinski definition) is 5. The predicted molar refractivity (Wildman–Crippen MR) is 112 cm³/mol. The van der Waals surface area contributed by atoms with Crippen LogP contribution in [0.2, 0.25) is 0 Å². The number of H-pyrrole nitrogens is 1. The van der Waals surface area contributed by atoms with Crippen molar-refractivity contribution in [3.8, 4) is 11.5 Å². The largest absolute Gasteiger partial charge is 0.490 e. The lowest BCUT2D eigenvalue weighted by molar-refractivity contribution is 0.186. The minimum absolute atomic E-state index is 0.00999. The molecule has 0 radical (unpaired) electrons. The first kappa shape index (κ1) is 18.2. The number of para-hydroxylation sites is 1. The lowest BCUT2D eigenvalue weighted by Gasteiger charge is -2.30. The molecule has 0 amide bonds. The number of aromatic nitrogens is 2. The van der Waals surface area contributed by atoms with Crippen molar-refractivity contribution in [3.05, 3.63) is 64.2 Å². The maximum atomic E-state index is 12.5. The summed E-state index contributed by atoms with van der Waals surface area (Å²) in [4.78, 5) is 22.7. The van der Waals surface area contributed by atoms with Gasteiger partial charge in [0.15, 0.2) is 11.5 Å². The molecule has 2 atom stereocenters. The van der Waals surface area contributed by atoms with Crippen molar-refractivity contribution in [3.63, 3.8) is 0 Å². The van der Waals surface area contributed by atoms with Gasteiger partial charge >= 0.3 is 0 Å². The zero-order chi connectivity index (χ0) is 19.8. The number of rotatable bonds is 3. The van der Waals surface area contributed by atoms with E-state index in [1.54, 1.807) is 0 Å². The third-order valence-electron chi connectivity index (χ3n) is 5.97. The van der Waals surface area contributed by atoms with E-state index in [2.05, 4.69) is 28.9 Å². The standard InChI is InChI=1S/C23H25N3O3/c1-15(22-24-18-7-3-2-6-17(18)23(27)25-22)26-11-4-8-19(26)16-9-10-20-21(14-16)29-13-5-12-28-20/h2-3,6-7,9-10,14-15,19H,4-5,8,11-13H2,1H3,(H,24,25,27)/t15-,19-/m1/s1. The van der Waals surface area contributed by atoms with E-state index in [1.165, 1.54) is 5.56 Å². The van der Waals surface area contributed by atoms with Crippen LogP contribution in [0.25, 0.3) is 10.9 Å². The molecule has 1 fully saturated rings. The second-order valence-corrected chi connectivity index (χ2v) is 7.80. The molecule has 2 aromatic carbocycles. The van der Waals surface area contributed by atoms with E-state index in [1.807, 2.05) is 30.3 Å². The quantitative estimate of drug-likeness (QED) is 0.731. The summed E-state index contributed by atoms with van der Waals surface area (Å²) < 4.78 is 11.7. The molecule has 0 aliphatic carbocycles. The van der Waals surface area contributed by atoms with Gasteiger partial charge in [0.05, 0.1) is 30.2 Å². The number of nitrogens with one attached hydrogen (secondary N) is 1. The number of likely N-dealkylation sites (tertiary alicyclic amines) is 1. The zero-order valence-corrected chi connectivity index (χ0v) is 16.6. The Balaban J connectivity index is 1.46.